The summed E-state index contributed by atoms with van der Waals surface area (Å²) in [7, 11) is 0. The van der Waals surface area contributed by atoms with Crippen molar-refractivity contribution in [2.24, 2.45) is 34.5 Å². The van der Waals surface area contributed by atoms with Gasteiger partial charge in [-0.1, -0.05) is 26.3 Å². The van der Waals surface area contributed by atoms with Crippen LogP contribution >= 0.6 is 0 Å². The number of aliphatic hydroxyl groups excluding tert-OH is 2. The summed E-state index contributed by atoms with van der Waals surface area (Å²) in [6.45, 7) is 6.20. The summed E-state index contributed by atoms with van der Waals surface area (Å²) in [6.07, 6.45) is 2.10. The first kappa shape index (κ1) is 25.2. The minimum absolute atomic E-state index is 0.0278. The van der Waals surface area contributed by atoms with Crippen molar-refractivity contribution < 1.29 is 38.1 Å². The second kappa shape index (κ2) is 8.33. The number of hydrogen-bond donors (Lipinski definition) is 2. The predicted octanol–water partition coefficient (Wildman–Crippen LogP) is 3.75. The zero-order valence-corrected chi connectivity index (χ0v) is 20.2. The number of allylic oxidation sites excluding steroid dienone is 4. The maximum Gasteiger partial charge on any atom is 0.306 e. The second-order valence-electron chi connectivity index (χ2n) is 11.1. The van der Waals surface area contributed by atoms with E-state index in [1.807, 2.05) is 20.8 Å². The quantitative estimate of drug-likeness (QED) is 0.582. The zero-order chi connectivity index (χ0) is 25.2. The molecular formula is C26H34F2O6. The van der Waals surface area contributed by atoms with Crippen LogP contribution in [0.3, 0.4) is 0 Å². The Kier molecular flexibility index (Phi) is 6.17. The fraction of sp³-hybridized carbons (Fsp3) is 0.731. The number of carbonyl (C=O) groups excluding carboxylic acids is 3. The molecule has 4 aliphatic rings. The molecule has 1 unspecified atom stereocenters. The molecule has 0 radical (unpaired) electrons. The molecular weight excluding hydrogens is 446 g/mol. The van der Waals surface area contributed by atoms with Gasteiger partial charge in [0.1, 0.15) is 12.4 Å². The lowest BCUT2D eigenvalue weighted by atomic mass is 9.45. The molecule has 0 heterocycles. The van der Waals surface area contributed by atoms with Crippen LogP contribution in [0.15, 0.2) is 23.3 Å². The Hall–Kier alpha value is -1.93. The van der Waals surface area contributed by atoms with E-state index in [4.69, 9.17) is 4.74 Å². The van der Waals surface area contributed by atoms with Gasteiger partial charge < -0.3 is 14.9 Å². The molecule has 34 heavy (non-hydrogen) atoms. The molecule has 0 amide bonds. The number of hydrogen-bond acceptors (Lipinski definition) is 6. The van der Waals surface area contributed by atoms with E-state index in [0.29, 0.717) is 31.3 Å². The summed E-state index contributed by atoms with van der Waals surface area (Å²) >= 11 is 0. The molecule has 6 nitrogen and oxygen atoms in total. The second-order valence-corrected chi connectivity index (χ2v) is 11.1. The average molecular weight is 481 g/mol. The van der Waals surface area contributed by atoms with Gasteiger partial charge in [0.05, 0.1) is 6.10 Å². The summed E-state index contributed by atoms with van der Waals surface area (Å²) in [5.41, 5.74) is -3.56. The number of carbonyl (C=O) groups is 3. The van der Waals surface area contributed by atoms with E-state index in [1.165, 1.54) is 6.08 Å². The minimum Gasteiger partial charge on any atom is -0.450 e. The van der Waals surface area contributed by atoms with Crippen LogP contribution in [-0.4, -0.2) is 46.1 Å². The van der Waals surface area contributed by atoms with Crippen molar-refractivity contribution in [1.29, 1.82) is 0 Å². The Morgan fingerprint density at radius 2 is 1.94 bits per heavy atom. The standard InChI is InChI=1S/C26H34F2O6/c1-5-6-20(33)34-26(19(32)12-29)13(2)9-16-15-8-7-14-10-17(30)22(27)23(28)25(14,4)21(15)18(31)11-24(16,26)3/h10,13,15-16,18,21,29,31H,5-9,11-12H2,1-4H3/t13-,15-,16-,18?,21+,24-,25-,26-/m0/s1. The first-order valence-electron chi connectivity index (χ1n) is 12.2. The number of ether oxygens (including phenoxy) is 1. The number of rotatable bonds is 5. The van der Waals surface area contributed by atoms with E-state index in [-0.39, 0.29) is 24.7 Å². The number of esters is 1. The molecule has 2 N–H and O–H groups in total. The molecule has 4 aliphatic carbocycles. The van der Waals surface area contributed by atoms with Gasteiger partial charge in [-0.3, -0.25) is 14.4 Å². The van der Waals surface area contributed by atoms with Crippen molar-refractivity contribution >= 4 is 17.5 Å². The highest BCUT2D eigenvalue weighted by Crippen LogP contribution is 2.70. The van der Waals surface area contributed by atoms with Gasteiger partial charge in [-0.15, -0.1) is 0 Å². The largest absolute Gasteiger partial charge is 0.450 e. The van der Waals surface area contributed by atoms with Crippen LogP contribution in [0.2, 0.25) is 0 Å². The number of halogens is 2. The SMILES string of the molecule is CCCC(=O)O[C@]1(C(=O)CO)[C@@H](C)C[C@H]2[C@@H]3CCC4=CC(=O)C(F)=C(F)[C@]4(C)[C@H]3C(O)C[C@@]21C. The van der Waals surface area contributed by atoms with Crippen LogP contribution in [-0.2, 0) is 19.1 Å². The molecule has 8 atom stereocenters. The molecule has 0 aromatic heterocycles. The topological polar surface area (TPSA) is 101 Å². The Morgan fingerprint density at radius 3 is 2.56 bits per heavy atom. The highest BCUT2D eigenvalue weighted by atomic mass is 19.2. The van der Waals surface area contributed by atoms with Gasteiger partial charge in [0.15, 0.2) is 5.60 Å². The molecule has 8 heteroatoms. The van der Waals surface area contributed by atoms with Gasteiger partial charge in [-0.2, -0.15) is 4.39 Å². The molecule has 3 saturated carbocycles. The van der Waals surface area contributed by atoms with Crippen molar-refractivity contribution in [3.8, 4) is 0 Å². The molecule has 188 valence electrons. The van der Waals surface area contributed by atoms with Gasteiger partial charge in [-0.25, -0.2) is 4.39 Å². The van der Waals surface area contributed by atoms with E-state index in [0.717, 1.165) is 0 Å². The van der Waals surface area contributed by atoms with Crippen LogP contribution in [0.25, 0.3) is 0 Å². The lowest BCUT2D eigenvalue weighted by Crippen LogP contribution is -2.64. The van der Waals surface area contributed by atoms with Crippen molar-refractivity contribution in [3.63, 3.8) is 0 Å². The van der Waals surface area contributed by atoms with Crippen LogP contribution < -0.4 is 0 Å². The Bertz CT molecular complexity index is 988. The molecule has 4 rings (SSSR count). The van der Waals surface area contributed by atoms with Crippen molar-refractivity contribution in [3.05, 3.63) is 23.3 Å². The average Bonchev–Trinajstić information content (AvgIpc) is 3.00. The smallest absolute Gasteiger partial charge is 0.306 e. The fourth-order valence-electron chi connectivity index (χ4n) is 8.17. The fourth-order valence-corrected chi connectivity index (χ4v) is 8.17. The molecule has 0 aliphatic heterocycles. The summed E-state index contributed by atoms with van der Waals surface area (Å²) in [6, 6.07) is 0. The number of aliphatic hydroxyl groups is 2. The van der Waals surface area contributed by atoms with E-state index >= 15 is 4.39 Å². The summed E-state index contributed by atoms with van der Waals surface area (Å²) in [4.78, 5) is 37.9. The van der Waals surface area contributed by atoms with Crippen LogP contribution in [0.4, 0.5) is 8.78 Å². The van der Waals surface area contributed by atoms with E-state index in [2.05, 4.69) is 0 Å². The number of ketones is 2. The maximum absolute atomic E-state index is 15.4. The highest BCUT2D eigenvalue weighted by molar-refractivity contribution is 6.04. The van der Waals surface area contributed by atoms with Gasteiger partial charge >= 0.3 is 5.97 Å². The van der Waals surface area contributed by atoms with E-state index in [1.54, 1.807) is 6.92 Å². The molecule has 0 saturated heterocycles. The number of fused-ring (bicyclic) bond motifs is 5. The van der Waals surface area contributed by atoms with E-state index < -0.39 is 70.2 Å². The molecule has 0 spiro atoms. The monoisotopic (exact) mass is 480 g/mol. The van der Waals surface area contributed by atoms with Crippen molar-refractivity contribution in [2.45, 2.75) is 77.9 Å². The Morgan fingerprint density at radius 1 is 1.26 bits per heavy atom. The van der Waals surface area contributed by atoms with E-state index in [9.17, 15) is 29.0 Å². The van der Waals surface area contributed by atoms with Gasteiger partial charge in [0.2, 0.25) is 17.4 Å². The molecule has 0 bridgehead atoms. The van der Waals surface area contributed by atoms with Crippen LogP contribution in [0, 0.1) is 34.5 Å². The van der Waals surface area contributed by atoms with Crippen molar-refractivity contribution in [2.75, 3.05) is 6.61 Å². The first-order valence-corrected chi connectivity index (χ1v) is 12.2. The molecule has 0 aromatic carbocycles. The lowest BCUT2D eigenvalue weighted by molar-refractivity contribution is -0.206. The number of Topliss-reactive ketones (excluding diaryl/α,β-unsaturated/α-hetero) is 1. The molecule has 0 aromatic rings. The first-order chi connectivity index (χ1) is 15.9. The summed E-state index contributed by atoms with van der Waals surface area (Å²) < 4.78 is 35.8. The zero-order valence-electron chi connectivity index (χ0n) is 20.2. The van der Waals surface area contributed by atoms with Crippen LogP contribution in [0.5, 0.6) is 0 Å². The van der Waals surface area contributed by atoms with Gasteiger partial charge in [0, 0.05) is 29.1 Å². The predicted molar refractivity (Wildman–Crippen MR) is 118 cm³/mol. The van der Waals surface area contributed by atoms with Gasteiger partial charge in [-0.05, 0) is 56.9 Å². The summed E-state index contributed by atoms with van der Waals surface area (Å²) in [5.74, 6) is -6.29. The third-order valence-electron chi connectivity index (χ3n) is 9.53. The third kappa shape index (κ3) is 3.06. The van der Waals surface area contributed by atoms with Crippen molar-refractivity contribution in [1.82, 2.24) is 0 Å². The summed E-state index contributed by atoms with van der Waals surface area (Å²) in [5, 5.41) is 21.3. The Labute approximate surface area is 198 Å². The van der Waals surface area contributed by atoms with Crippen LogP contribution in [0.1, 0.15) is 66.2 Å². The Balaban J connectivity index is 1.82. The molecule has 3 fully saturated rings. The van der Waals surface area contributed by atoms with Gasteiger partial charge in [0.25, 0.3) is 0 Å². The lowest BCUT2D eigenvalue weighted by Gasteiger charge is -2.60. The minimum atomic E-state index is -1.61. The third-order valence-corrected chi connectivity index (χ3v) is 9.53. The normalized spacial score (nSPS) is 43.6. The highest BCUT2D eigenvalue weighted by Gasteiger charge is 2.73. The maximum atomic E-state index is 15.4.